The highest BCUT2D eigenvalue weighted by atomic mass is 16.5. The topological polar surface area (TPSA) is 65.2 Å². The molecule has 0 atom stereocenters. The average molecular weight is 472 g/mol. The molecule has 2 aromatic carbocycles. The largest absolute Gasteiger partial charge is 0.494 e. The van der Waals surface area contributed by atoms with E-state index in [1.54, 1.807) is 11.6 Å². The molecule has 1 saturated carbocycles. The number of hydrogen-bond acceptors (Lipinski definition) is 5. The molecule has 7 heteroatoms. The summed E-state index contributed by atoms with van der Waals surface area (Å²) in [4.78, 5) is 15.6. The standard InChI is InChI=1S/C28H33N5O2/c1-28(13-14-28)33-25-23-19-21(9-12-24(23)29-30-26(25)31(2)27(33)34)20-7-10-22(11-8-20)35-18-6-17-32-15-4-3-5-16-32/h7-12,19H,3-6,13-18H2,1-2H3. The number of piperidine rings is 1. The van der Waals surface area contributed by atoms with Crippen LogP contribution in [0.3, 0.4) is 0 Å². The van der Waals surface area contributed by atoms with E-state index in [0.717, 1.165) is 65.7 Å². The molecule has 4 aromatic rings. The minimum absolute atomic E-state index is 0.0195. The Morgan fingerprint density at radius 1 is 0.971 bits per heavy atom. The molecule has 0 bridgehead atoms. The first-order chi connectivity index (χ1) is 17.0. The number of likely N-dealkylation sites (tertiary alicyclic amines) is 1. The van der Waals surface area contributed by atoms with Gasteiger partial charge in [0.15, 0.2) is 5.65 Å². The fourth-order valence-electron chi connectivity index (χ4n) is 5.35. The van der Waals surface area contributed by atoms with Gasteiger partial charge in [-0.1, -0.05) is 24.6 Å². The van der Waals surface area contributed by atoms with Crippen LogP contribution < -0.4 is 10.4 Å². The van der Waals surface area contributed by atoms with E-state index < -0.39 is 0 Å². The molecule has 2 aromatic heterocycles. The number of aryl methyl sites for hydroxylation is 1. The van der Waals surface area contributed by atoms with Gasteiger partial charge in [0, 0.05) is 24.5 Å². The zero-order valence-electron chi connectivity index (χ0n) is 20.7. The summed E-state index contributed by atoms with van der Waals surface area (Å²) in [6.45, 7) is 6.48. The molecular weight excluding hydrogens is 438 g/mol. The molecule has 0 spiro atoms. The van der Waals surface area contributed by atoms with Gasteiger partial charge < -0.3 is 9.64 Å². The van der Waals surface area contributed by atoms with E-state index in [1.165, 1.54) is 32.4 Å². The Kier molecular flexibility index (Phi) is 5.60. The fourth-order valence-corrected chi connectivity index (χ4v) is 5.35. The number of fused-ring (bicyclic) bond motifs is 3. The average Bonchev–Trinajstić information content (AvgIpc) is 3.58. The summed E-state index contributed by atoms with van der Waals surface area (Å²) in [7, 11) is 1.78. The van der Waals surface area contributed by atoms with E-state index >= 15 is 0 Å². The van der Waals surface area contributed by atoms with Crippen LogP contribution in [0.5, 0.6) is 5.75 Å². The molecular formula is C28H33N5O2. The predicted octanol–water partition coefficient (Wildman–Crippen LogP) is 4.71. The van der Waals surface area contributed by atoms with Crippen molar-refractivity contribution in [2.45, 2.75) is 51.0 Å². The van der Waals surface area contributed by atoms with Gasteiger partial charge in [-0.3, -0.25) is 9.13 Å². The van der Waals surface area contributed by atoms with Gasteiger partial charge in [0.05, 0.1) is 12.1 Å². The third-order valence-electron chi connectivity index (χ3n) is 7.77. The van der Waals surface area contributed by atoms with E-state index in [0.29, 0.717) is 5.65 Å². The molecule has 7 nitrogen and oxygen atoms in total. The third-order valence-corrected chi connectivity index (χ3v) is 7.77. The first kappa shape index (κ1) is 22.3. The fraction of sp³-hybridized carbons (Fsp3) is 0.464. The molecule has 2 fully saturated rings. The van der Waals surface area contributed by atoms with E-state index in [1.807, 2.05) is 22.8 Å². The summed E-state index contributed by atoms with van der Waals surface area (Å²) in [6, 6.07) is 14.5. The van der Waals surface area contributed by atoms with Crippen molar-refractivity contribution in [2.75, 3.05) is 26.2 Å². The number of aromatic nitrogens is 4. The van der Waals surface area contributed by atoms with Crippen LogP contribution in [-0.4, -0.2) is 50.5 Å². The zero-order chi connectivity index (χ0) is 24.0. The lowest BCUT2D eigenvalue weighted by atomic mass is 10.0. The van der Waals surface area contributed by atoms with Crippen LogP contribution in [0.2, 0.25) is 0 Å². The lowest BCUT2D eigenvalue weighted by Gasteiger charge is -2.26. The Morgan fingerprint density at radius 3 is 2.46 bits per heavy atom. The Morgan fingerprint density at radius 2 is 1.71 bits per heavy atom. The van der Waals surface area contributed by atoms with Crippen LogP contribution in [0.4, 0.5) is 0 Å². The second kappa shape index (κ2) is 8.79. The van der Waals surface area contributed by atoms with Gasteiger partial charge >= 0.3 is 5.69 Å². The Hall–Kier alpha value is -3.19. The Bertz CT molecular complexity index is 1430. The van der Waals surface area contributed by atoms with Crippen LogP contribution >= 0.6 is 0 Å². The van der Waals surface area contributed by atoms with Crippen LogP contribution in [0, 0.1) is 0 Å². The molecule has 0 amide bonds. The van der Waals surface area contributed by atoms with Crippen molar-refractivity contribution in [3.63, 3.8) is 0 Å². The Labute approximate surface area is 205 Å². The van der Waals surface area contributed by atoms with Gasteiger partial charge in [0.25, 0.3) is 0 Å². The molecule has 182 valence electrons. The highest BCUT2D eigenvalue weighted by Crippen LogP contribution is 2.44. The zero-order valence-corrected chi connectivity index (χ0v) is 20.7. The smallest absolute Gasteiger partial charge is 0.330 e. The van der Waals surface area contributed by atoms with Crippen molar-refractivity contribution >= 4 is 22.1 Å². The lowest BCUT2D eigenvalue weighted by Crippen LogP contribution is -2.31. The molecule has 1 saturated heterocycles. The van der Waals surface area contributed by atoms with E-state index in [9.17, 15) is 4.79 Å². The molecule has 0 unspecified atom stereocenters. The summed E-state index contributed by atoms with van der Waals surface area (Å²) >= 11 is 0. The summed E-state index contributed by atoms with van der Waals surface area (Å²) < 4.78 is 9.56. The first-order valence-corrected chi connectivity index (χ1v) is 12.9. The van der Waals surface area contributed by atoms with Crippen LogP contribution in [-0.2, 0) is 12.6 Å². The summed E-state index contributed by atoms with van der Waals surface area (Å²) in [5, 5.41) is 9.76. The van der Waals surface area contributed by atoms with Crippen LogP contribution in [0.25, 0.3) is 33.2 Å². The molecule has 1 aliphatic heterocycles. The molecule has 3 heterocycles. The maximum absolute atomic E-state index is 13.1. The second-order valence-electron chi connectivity index (χ2n) is 10.4. The van der Waals surface area contributed by atoms with Gasteiger partial charge in [-0.15, -0.1) is 10.2 Å². The van der Waals surface area contributed by atoms with Crippen LogP contribution in [0.15, 0.2) is 47.3 Å². The van der Waals surface area contributed by atoms with Gasteiger partial charge in [-0.05, 0) is 87.5 Å². The molecule has 0 N–H and O–H groups in total. The van der Waals surface area contributed by atoms with Crippen molar-refractivity contribution < 1.29 is 4.74 Å². The third kappa shape index (κ3) is 4.12. The van der Waals surface area contributed by atoms with Crippen molar-refractivity contribution in [2.24, 2.45) is 7.05 Å². The van der Waals surface area contributed by atoms with Crippen molar-refractivity contribution in [1.29, 1.82) is 0 Å². The van der Waals surface area contributed by atoms with E-state index in [4.69, 9.17) is 4.74 Å². The number of imidazole rings is 1. The van der Waals surface area contributed by atoms with E-state index in [-0.39, 0.29) is 11.2 Å². The van der Waals surface area contributed by atoms with Gasteiger partial charge in [-0.2, -0.15) is 0 Å². The number of ether oxygens (including phenoxy) is 1. The maximum atomic E-state index is 13.1. The summed E-state index contributed by atoms with van der Waals surface area (Å²) in [6.07, 6.45) is 7.11. The highest BCUT2D eigenvalue weighted by molar-refractivity contribution is 6.02. The monoisotopic (exact) mass is 471 g/mol. The number of nitrogens with zero attached hydrogens (tertiary/aromatic N) is 5. The lowest BCUT2D eigenvalue weighted by molar-refractivity contribution is 0.205. The molecule has 6 rings (SSSR count). The number of rotatable bonds is 7. The summed E-state index contributed by atoms with van der Waals surface area (Å²) in [5.74, 6) is 0.903. The molecule has 2 aliphatic rings. The van der Waals surface area contributed by atoms with E-state index in [2.05, 4.69) is 46.3 Å². The highest BCUT2D eigenvalue weighted by Gasteiger charge is 2.42. The van der Waals surface area contributed by atoms with Crippen molar-refractivity contribution in [1.82, 2.24) is 24.2 Å². The van der Waals surface area contributed by atoms with Crippen molar-refractivity contribution in [3.8, 4) is 16.9 Å². The van der Waals surface area contributed by atoms with Crippen molar-refractivity contribution in [3.05, 3.63) is 52.9 Å². The van der Waals surface area contributed by atoms with Gasteiger partial charge in [0.2, 0.25) is 0 Å². The predicted molar refractivity (Wildman–Crippen MR) is 139 cm³/mol. The number of benzene rings is 2. The Balaban J connectivity index is 1.24. The molecule has 35 heavy (non-hydrogen) atoms. The van der Waals surface area contributed by atoms with Gasteiger partial charge in [0.1, 0.15) is 11.3 Å². The SMILES string of the molecule is Cn1c(=O)n(C2(C)CC2)c2c3cc(-c4ccc(OCCCN5CCCCC5)cc4)ccc3nnc21. The quantitative estimate of drug-likeness (QED) is 0.365. The number of hydrogen-bond donors (Lipinski definition) is 0. The second-order valence-corrected chi connectivity index (χ2v) is 10.4. The maximum Gasteiger partial charge on any atom is 0.330 e. The van der Waals surface area contributed by atoms with Gasteiger partial charge in [-0.25, -0.2) is 4.79 Å². The molecule has 0 radical (unpaired) electrons. The minimum Gasteiger partial charge on any atom is -0.494 e. The van der Waals surface area contributed by atoms with Crippen LogP contribution in [0.1, 0.15) is 45.4 Å². The molecule has 1 aliphatic carbocycles. The minimum atomic E-state index is -0.129. The normalized spacial score (nSPS) is 17.8. The first-order valence-electron chi connectivity index (χ1n) is 12.9. The summed E-state index contributed by atoms with van der Waals surface area (Å²) in [5.41, 5.74) is 4.38.